The number of benzene rings is 1. The first-order valence-electron chi connectivity index (χ1n) is 5.90. The van der Waals surface area contributed by atoms with Crippen LogP contribution in [0.4, 0.5) is 11.8 Å². The van der Waals surface area contributed by atoms with Gasteiger partial charge in [-0.1, -0.05) is 12.1 Å². The Kier molecular flexibility index (Phi) is 2.52. The Morgan fingerprint density at radius 3 is 2.68 bits per heavy atom. The van der Waals surface area contributed by atoms with Crippen molar-refractivity contribution in [2.45, 2.75) is 6.92 Å². The number of nitrogen functional groups attached to an aromatic ring is 2. The summed E-state index contributed by atoms with van der Waals surface area (Å²) in [5, 5.41) is 1.03. The van der Waals surface area contributed by atoms with Crippen LogP contribution in [0.5, 0.6) is 0 Å². The minimum atomic E-state index is 0.176. The van der Waals surface area contributed by atoms with Crippen LogP contribution in [0.2, 0.25) is 0 Å². The molecule has 0 radical (unpaired) electrons. The molecule has 2 heterocycles. The van der Waals surface area contributed by atoms with Crippen molar-refractivity contribution in [3.8, 4) is 11.3 Å². The second kappa shape index (κ2) is 4.20. The van der Waals surface area contributed by atoms with Crippen LogP contribution in [-0.2, 0) is 0 Å². The summed E-state index contributed by atoms with van der Waals surface area (Å²) in [7, 11) is 0. The molecule has 0 bridgehead atoms. The van der Waals surface area contributed by atoms with Gasteiger partial charge in [0.05, 0.1) is 11.2 Å². The van der Waals surface area contributed by atoms with Crippen molar-refractivity contribution < 1.29 is 0 Å². The molecule has 1 aromatic carbocycles. The summed E-state index contributed by atoms with van der Waals surface area (Å²) in [6.07, 6.45) is 1.77. The van der Waals surface area contributed by atoms with Gasteiger partial charge in [-0.25, -0.2) is 4.98 Å². The zero-order chi connectivity index (χ0) is 13.4. The highest BCUT2D eigenvalue weighted by Crippen LogP contribution is 2.30. The molecule has 4 N–H and O–H groups in total. The van der Waals surface area contributed by atoms with E-state index in [0.717, 1.165) is 27.7 Å². The quantitative estimate of drug-likeness (QED) is 0.691. The van der Waals surface area contributed by atoms with Crippen LogP contribution in [-0.4, -0.2) is 15.0 Å². The number of rotatable bonds is 1. The second-order valence-electron chi connectivity index (χ2n) is 4.36. The number of nitrogens with two attached hydrogens (primary N) is 2. The molecule has 0 saturated heterocycles. The summed E-state index contributed by atoms with van der Waals surface area (Å²) < 4.78 is 0. The zero-order valence-corrected chi connectivity index (χ0v) is 10.5. The highest BCUT2D eigenvalue weighted by Gasteiger charge is 2.10. The van der Waals surface area contributed by atoms with E-state index in [1.165, 1.54) is 0 Å². The van der Waals surface area contributed by atoms with Gasteiger partial charge in [-0.2, -0.15) is 4.98 Å². The first-order chi connectivity index (χ1) is 9.15. The van der Waals surface area contributed by atoms with Gasteiger partial charge in [-0.05, 0) is 24.6 Å². The highest BCUT2D eigenvalue weighted by atomic mass is 15.0. The summed E-state index contributed by atoms with van der Waals surface area (Å²) in [5.74, 6) is 0.540. The molecular weight excluding hydrogens is 238 g/mol. The van der Waals surface area contributed by atoms with E-state index in [1.54, 1.807) is 12.3 Å². The van der Waals surface area contributed by atoms with E-state index in [0.29, 0.717) is 5.82 Å². The van der Waals surface area contributed by atoms with Crippen molar-refractivity contribution in [3.05, 3.63) is 42.1 Å². The first-order valence-corrected chi connectivity index (χ1v) is 5.90. The van der Waals surface area contributed by atoms with Gasteiger partial charge < -0.3 is 11.5 Å². The number of hydrogen-bond donors (Lipinski definition) is 2. The number of nitrogens with zero attached hydrogens (tertiary/aromatic N) is 3. The van der Waals surface area contributed by atoms with Crippen molar-refractivity contribution in [1.29, 1.82) is 0 Å². The van der Waals surface area contributed by atoms with Gasteiger partial charge in [0.15, 0.2) is 0 Å². The van der Waals surface area contributed by atoms with Crippen LogP contribution < -0.4 is 11.5 Å². The number of anilines is 2. The van der Waals surface area contributed by atoms with Crippen LogP contribution in [0.15, 0.2) is 36.5 Å². The second-order valence-corrected chi connectivity index (χ2v) is 4.36. The molecule has 0 amide bonds. The number of hydrogen-bond acceptors (Lipinski definition) is 5. The van der Waals surface area contributed by atoms with Gasteiger partial charge in [0, 0.05) is 23.2 Å². The molecule has 5 heteroatoms. The van der Waals surface area contributed by atoms with Crippen LogP contribution in [0, 0.1) is 6.92 Å². The third-order valence-electron chi connectivity index (χ3n) is 3.01. The van der Waals surface area contributed by atoms with Gasteiger partial charge in [-0.3, -0.25) is 4.98 Å². The van der Waals surface area contributed by atoms with Crippen LogP contribution in [0.3, 0.4) is 0 Å². The maximum atomic E-state index is 5.74. The van der Waals surface area contributed by atoms with Gasteiger partial charge in [0.25, 0.3) is 0 Å². The van der Waals surface area contributed by atoms with Crippen molar-refractivity contribution >= 4 is 22.7 Å². The summed E-state index contributed by atoms with van der Waals surface area (Å²) in [4.78, 5) is 12.5. The lowest BCUT2D eigenvalue weighted by molar-refractivity contribution is 1.19. The molecule has 3 aromatic rings. The summed E-state index contributed by atoms with van der Waals surface area (Å²) in [5.41, 5.74) is 15.1. The third kappa shape index (κ3) is 1.95. The molecule has 0 aliphatic rings. The van der Waals surface area contributed by atoms with Crippen molar-refractivity contribution in [2.75, 3.05) is 11.5 Å². The highest BCUT2D eigenvalue weighted by molar-refractivity contribution is 5.95. The summed E-state index contributed by atoms with van der Waals surface area (Å²) >= 11 is 0. The molecule has 0 aliphatic heterocycles. The average Bonchev–Trinajstić information content (AvgIpc) is 2.37. The van der Waals surface area contributed by atoms with E-state index in [9.17, 15) is 0 Å². The van der Waals surface area contributed by atoms with Crippen molar-refractivity contribution in [1.82, 2.24) is 15.0 Å². The normalized spacial score (nSPS) is 10.8. The minimum Gasteiger partial charge on any atom is -0.384 e. The topological polar surface area (TPSA) is 90.7 Å². The zero-order valence-electron chi connectivity index (χ0n) is 10.5. The third-order valence-corrected chi connectivity index (χ3v) is 3.01. The van der Waals surface area contributed by atoms with E-state index in [1.807, 2.05) is 31.2 Å². The van der Waals surface area contributed by atoms with Crippen LogP contribution in [0.25, 0.3) is 22.2 Å². The molecule has 0 aliphatic carbocycles. The fourth-order valence-corrected chi connectivity index (χ4v) is 2.21. The molecule has 94 valence electrons. The monoisotopic (exact) mass is 251 g/mol. The van der Waals surface area contributed by atoms with Crippen LogP contribution in [0.1, 0.15) is 5.56 Å². The molecular formula is C14H13N5. The molecule has 5 nitrogen and oxygen atoms in total. The maximum Gasteiger partial charge on any atom is 0.222 e. The number of fused-ring (bicyclic) bond motifs is 1. The van der Waals surface area contributed by atoms with E-state index in [-0.39, 0.29) is 5.95 Å². The maximum absolute atomic E-state index is 5.74. The fraction of sp³-hybridized carbons (Fsp3) is 0.0714. The number of pyridine rings is 1. The Labute approximate surface area is 110 Å². The van der Waals surface area contributed by atoms with Crippen molar-refractivity contribution in [3.63, 3.8) is 0 Å². The molecule has 2 aromatic heterocycles. The van der Waals surface area contributed by atoms with Crippen molar-refractivity contribution in [2.24, 2.45) is 0 Å². The molecule has 0 unspecified atom stereocenters. The molecule has 0 spiro atoms. The summed E-state index contributed by atoms with van der Waals surface area (Å²) in [6.45, 7) is 2.02. The standard InChI is InChI=1S/C14H13N5/c1-8-4-5-10-9(3-2-6-17-10)13(8)11-7-12(15)19-14(16)18-11/h2-7H,1H3,(H4,15,16,18,19). The van der Waals surface area contributed by atoms with Gasteiger partial charge >= 0.3 is 0 Å². The Morgan fingerprint density at radius 2 is 1.89 bits per heavy atom. The predicted octanol–water partition coefficient (Wildman–Crippen LogP) is 2.16. The molecule has 19 heavy (non-hydrogen) atoms. The van der Waals surface area contributed by atoms with Gasteiger partial charge in [-0.15, -0.1) is 0 Å². The SMILES string of the molecule is Cc1ccc2ncccc2c1-c1cc(N)nc(N)n1. The van der Waals surface area contributed by atoms with E-state index < -0.39 is 0 Å². The molecule has 0 atom stereocenters. The average molecular weight is 251 g/mol. The van der Waals surface area contributed by atoms with Gasteiger partial charge in [0.2, 0.25) is 5.95 Å². The first kappa shape index (κ1) is 11.4. The van der Waals surface area contributed by atoms with E-state index in [2.05, 4.69) is 15.0 Å². The number of aromatic nitrogens is 3. The van der Waals surface area contributed by atoms with Gasteiger partial charge in [0.1, 0.15) is 5.82 Å². The number of aryl methyl sites for hydroxylation is 1. The lowest BCUT2D eigenvalue weighted by atomic mass is 9.99. The molecule has 0 saturated carbocycles. The summed E-state index contributed by atoms with van der Waals surface area (Å²) in [6, 6.07) is 9.64. The lowest BCUT2D eigenvalue weighted by Gasteiger charge is -2.10. The smallest absolute Gasteiger partial charge is 0.222 e. The Hall–Kier alpha value is -2.69. The largest absolute Gasteiger partial charge is 0.384 e. The Bertz CT molecular complexity index is 747. The van der Waals surface area contributed by atoms with E-state index >= 15 is 0 Å². The Balaban J connectivity index is 2.38. The molecule has 0 fully saturated rings. The predicted molar refractivity (Wildman–Crippen MR) is 76.3 cm³/mol. The minimum absolute atomic E-state index is 0.176. The Morgan fingerprint density at radius 1 is 1.05 bits per heavy atom. The fourth-order valence-electron chi connectivity index (χ4n) is 2.21. The lowest BCUT2D eigenvalue weighted by Crippen LogP contribution is -2.01. The molecule has 3 rings (SSSR count). The van der Waals surface area contributed by atoms with Crippen LogP contribution >= 0.6 is 0 Å². The van der Waals surface area contributed by atoms with E-state index in [4.69, 9.17) is 11.5 Å².